The van der Waals surface area contributed by atoms with Gasteiger partial charge in [-0.3, -0.25) is 14.4 Å². The van der Waals surface area contributed by atoms with Gasteiger partial charge in [-0.05, 0) is 30.5 Å². The molecule has 1 aromatic rings. The van der Waals surface area contributed by atoms with Gasteiger partial charge in [0.2, 0.25) is 17.7 Å². The average Bonchev–Trinajstić information content (AvgIpc) is 2.46. The Kier molecular flexibility index (Phi) is 9.02. The van der Waals surface area contributed by atoms with Crippen molar-refractivity contribution in [2.24, 2.45) is 11.7 Å². The van der Waals surface area contributed by atoms with E-state index in [0.717, 1.165) is 5.56 Å². The molecular weight excluding hydrogens is 332 g/mol. The van der Waals surface area contributed by atoms with Crippen molar-refractivity contribution in [1.82, 2.24) is 5.32 Å². The number of rotatable bonds is 6. The summed E-state index contributed by atoms with van der Waals surface area (Å²) in [5.74, 6) is -1.02. The molecule has 134 valence electrons. The number of nitrogens with two attached hydrogens (primary N) is 1. The van der Waals surface area contributed by atoms with E-state index in [4.69, 9.17) is 5.73 Å². The first kappa shape index (κ1) is 21.9. The summed E-state index contributed by atoms with van der Waals surface area (Å²) in [7, 11) is 0. The van der Waals surface area contributed by atoms with Gasteiger partial charge >= 0.3 is 0 Å². The molecule has 7 nitrogen and oxygen atoms in total. The first-order valence-corrected chi connectivity index (χ1v) is 7.42. The molecule has 8 heteroatoms. The highest BCUT2D eigenvalue weighted by molar-refractivity contribution is 6.00. The van der Waals surface area contributed by atoms with Gasteiger partial charge in [0, 0.05) is 6.92 Å². The maximum absolute atomic E-state index is 12.0. The van der Waals surface area contributed by atoms with Gasteiger partial charge in [0.05, 0.1) is 24.0 Å². The molecule has 0 saturated heterocycles. The lowest BCUT2D eigenvalue weighted by Gasteiger charge is -2.16. The lowest BCUT2D eigenvalue weighted by atomic mass is 10.1. The van der Waals surface area contributed by atoms with Crippen molar-refractivity contribution in [3.8, 4) is 0 Å². The molecule has 0 bridgehead atoms. The molecule has 0 aliphatic rings. The summed E-state index contributed by atoms with van der Waals surface area (Å²) in [6, 6.07) is 4.62. The lowest BCUT2D eigenvalue weighted by Crippen LogP contribution is -2.46. The summed E-state index contributed by atoms with van der Waals surface area (Å²) < 4.78 is 0. The Morgan fingerprint density at radius 1 is 1.12 bits per heavy atom. The van der Waals surface area contributed by atoms with E-state index in [1.54, 1.807) is 12.1 Å². The molecule has 0 saturated carbocycles. The number of nitrogens with one attached hydrogen (secondary N) is 3. The number of anilines is 2. The molecule has 5 N–H and O–H groups in total. The minimum atomic E-state index is -0.656. The summed E-state index contributed by atoms with van der Waals surface area (Å²) in [6.45, 7) is 6.73. The van der Waals surface area contributed by atoms with Gasteiger partial charge in [0.15, 0.2) is 0 Å². The predicted octanol–water partition coefficient (Wildman–Crippen LogP) is 1.41. The van der Waals surface area contributed by atoms with Crippen molar-refractivity contribution in [2.75, 3.05) is 17.2 Å². The van der Waals surface area contributed by atoms with Crippen LogP contribution in [0.3, 0.4) is 0 Å². The third kappa shape index (κ3) is 6.97. The second-order valence-corrected chi connectivity index (χ2v) is 5.77. The van der Waals surface area contributed by atoms with Crippen LogP contribution in [0.5, 0.6) is 0 Å². The Morgan fingerprint density at radius 3 is 2.29 bits per heavy atom. The van der Waals surface area contributed by atoms with Crippen molar-refractivity contribution in [3.63, 3.8) is 0 Å². The van der Waals surface area contributed by atoms with Crippen LogP contribution in [0.2, 0.25) is 0 Å². The zero-order chi connectivity index (χ0) is 17.6. The Hall–Kier alpha value is -2.12. The minimum absolute atomic E-state index is 0. The highest BCUT2D eigenvalue weighted by Gasteiger charge is 2.18. The number of aryl methyl sites for hydroxylation is 1. The number of hydrogen-bond acceptors (Lipinski definition) is 4. The number of hydrogen-bond donors (Lipinski definition) is 4. The molecule has 3 amide bonds. The topological polar surface area (TPSA) is 113 Å². The zero-order valence-electron chi connectivity index (χ0n) is 14.3. The smallest absolute Gasteiger partial charge is 0.243 e. The maximum atomic E-state index is 12.0. The van der Waals surface area contributed by atoms with Crippen LogP contribution < -0.4 is 21.7 Å². The number of amides is 3. The normalized spacial score (nSPS) is 11.2. The Labute approximate surface area is 148 Å². The van der Waals surface area contributed by atoms with Gasteiger partial charge < -0.3 is 21.7 Å². The average molecular weight is 357 g/mol. The van der Waals surface area contributed by atoms with E-state index < -0.39 is 11.9 Å². The van der Waals surface area contributed by atoms with Crippen LogP contribution in [0, 0.1) is 12.8 Å². The van der Waals surface area contributed by atoms with Crippen LogP contribution in [0.25, 0.3) is 0 Å². The van der Waals surface area contributed by atoms with Crippen LogP contribution in [0.4, 0.5) is 11.4 Å². The van der Waals surface area contributed by atoms with Gasteiger partial charge in [-0.15, -0.1) is 12.4 Å². The zero-order valence-corrected chi connectivity index (χ0v) is 15.1. The predicted molar refractivity (Wildman–Crippen MR) is 97.2 cm³/mol. The number of halogens is 1. The quantitative estimate of drug-likeness (QED) is 0.617. The van der Waals surface area contributed by atoms with E-state index in [1.165, 1.54) is 6.92 Å². The second-order valence-electron chi connectivity index (χ2n) is 5.77. The van der Waals surface area contributed by atoms with Gasteiger partial charge in [0.25, 0.3) is 0 Å². The highest BCUT2D eigenvalue weighted by Crippen LogP contribution is 2.22. The summed E-state index contributed by atoms with van der Waals surface area (Å²) in [5, 5.41) is 7.81. The first-order valence-electron chi connectivity index (χ1n) is 7.42. The summed E-state index contributed by atoms with van der Waals surface area (Å²) in [4.78, 5) is 34.9. The molecule has 0 radical (unpaired) electrons. The van der Waals surface area contributed by atoms with Gasteiger partial charge in [0.1, 0.15) is 0 Å². The fraction of sp³-hybridized carbons (Fsp3) is 0.438. The SMILES string of the molecule is CC(=O)Nc1ccc(C)cc1NC(=O)CNC(=O)[C@@H](N)C(C)C.Cl. The Morgan fingerprint density at radius 2 is 1.75 bits per heavy atom. The first-order chi connectivity index (χ1) is 10.7. The van der Waals surface area contributed by atoms with E-state index in [0.29, 0.717) is 11.4 Å². The van der Waals surface area contributed by atoms with Crippen molar-refractivity contribution in [2.45, 2.75) is 33.7 Å². The molecule has 0 heterocycles. The van der Waals surface area contributed by atoms with Crippen LogP contribution in [0.1, 0.15) is 26.3 Å². The number of carbonyl (C=O) groups is 3. The van der Waals surface area contributed by atoms with Crippen LogP contribution in [0.15, 0.2) is 18.2 Å². The van der Waals surface area contributed by atoms with Crippen molar-refractivity contribution in [3.05, 3.63) is 23.8 Å². The van der Waals surface area contributed by atoms with Crippen LogP contribution in [-0.4, -0.2) is 30.3 Å². The standard InChI is InChI=1S/C16H24N4O3.ClH/c1-9(2)15(17)16(23)18-8-14(22)20-13-7-10(3)5-6-12(13)19-11(4)21;/h5-7,9,15H,8,17H2,1-4H3,(H,18,23)(H,19,21)(H,20,22);1H/t15-;/m0./s1. The Balaban J connectivity index is 0.00000529. The van der Waals surface area contributed by atoms with Gasteiger partial charge in [-0.25, -0.2) is 0 Å². The Bertz CT molecular complexity index is 605. The summed E-state index contributed by atoms with van der Waals surface area (Å²) in [6.07, 6.45) is 0. The third-order valence-electron chi connectivity index (χ3n) is 3.20. The van der Waals surface area contributed by atoms with E-state index >= 15 is 0 Å². The molecular formula is C16H25ClN4O3. The fourth-order valence-corrected chi connectivity index (χ4v) is 1.84. The number of carbonyl (C=O) groups excluding carboxylic acids is 3. The summed E-state index contributed by atoms with van der Waals surface area (Å²) >= 11 is 0. The second kappa shape index (κ2) is 9.89. The minimum Gasteiger partial charge on any atom is -0.346 e. The van der Waals surface area contributed by atoms with Crippen molar-refractivity contribution in [1.29, 1.82) is 0 Å². The molecule has 0 fully saturated rings. The monoisotopic (exact) mass is 356 g/mol. The van der Waals surface area contributed by atoms with E-state index in [-0.39, 0.29) is 36.7 Å². The number of benzene rings is 1. The van der Waals surface area contributed by atoms with Gasteiger partial charge in [-0.2, -0.15) is 0 Å². The molecule has 0 aliphatic carbocycles. The van der Waals surface area contributed by atoms with E-state index in [1.807, 2.05) is 26.8 Å². The lowest BCUT2D eigenvalue weighted by molar-refractivity contribution is -0.125. The van der Waals surface area contributed by atoms with Crippen LogP contribution in [-0.2, 0) is 14.4 Å². The molecule has 1 atom stereocenters. The maximum Gasteiger partial charge on any atom is 0.243 e. The molecule has 0 spiro atoms. The largest absolute Gasteiger partial charge is 0.346 e. The van der Waals surface area contributed by atoms with Crippen molar-refractivity contribution >= 4 is 41.5 Å². The fourth-order valence-electron chi connectivity index (χ4n) is 1.84. The molecule has 0 unspecified atom stereocenters. The molecule has 0 aromatic heterocycles. The molecule has 1 rings (SSSR count). The molecule has 1 aromatic carbocycles. The van der Waals surface area contributed by atoms with E-state index in [9.17, 15) is 14.4 Å². The van der Waals surface area contributed by atoms with Crippen molar-refractivity contribution < 1.29 is 14.4 Å². The molecule has 24 heavy (non-hydrogen) atoms. The highest BCUT2D eigenvalue weighted by atomic mass is 35.5. The third-order valence-corrected chi connectivity index (χ3v) is 3.20. The van der Waals surface area contributed by atoms with Gasteiger partial charge in [-0.1, -0.05) is 19.9 Å². The molecule has 0 aliphatic heterocycles. The van der Waals surface area contributed by atoms with Crippen LogP contribution >= 0.6 is 12.4 Å². The summed E-state index contributed by atoms with van der Waals surface area (Å²) in [5.41, 5.74) is 7.62. The van der Waals surface area contributed by atoms with E-state index in [2.05, 4.69) is 16.0 Å².